The SMILES string of the molecule is C[N+](C)(CCO)CCCCCCOc1cccnc1I.Cc1ccc(S(=O)(=O)[O-])cc1. The number of hydrogen-bond acceptors (Lipinski definition) is 6. The first kappa shape index (κ1) is 27.8. The molecule has 0 aliphatic rings. The van der Waals surface area contributed by atoms with Gasteiger partial charge in [0, 0.05) is 6.20 Å². The fraction of sp³-hybridized carbons (Fsp3) is 0.500. The van der Waals surface area contributed by atoms with Gasteiger partial charge in [-0.05, 0) is 79.5 Å². The van der Waals surface area contributed by atoms with Crippen molar-refractivity contribution in [1.82, 2.24) is 4.98 Å². The van der Waals surface area contributed by atoms with Gasteiger partial charge in [-0.1, -0.05) is 17.7 Å². The molecule has 0 saturated heterocycles. The van der Waals surface area contributed by atoms with Crippen molar-refractivity contribution in [3.8, 4) is 5.75 Å². The molecule has 0 unspecified atom stereocenters. The summed E-state index contributed by atoms with van der Waals surface area (Å²) in [6.45, 7) is 4.81. The highest BCUT2D eigenvalue weighted by atomic mass is 127. The van der Waals surface area contributed by atoms with E-state index in [2.05, 4.69) is 41.7 Å². The first-order valence-electron chi connectivity index (χ1n) is 10.2. The van der Waals surface area contributed by atoms with Crippen molar-refractivity contribution in [2.75, 3.05) is 40.4 Å². The number of quaternary nitrogens is 1. The van der Waals surface area contributed by atoms with E-state index in [0.29, 0.717) is 0 Å². The smallest absolute Gasteiger partial charge is 0.151 e. The van der Waals surface area contributed by atoms with Gasteiger partial charge in [0.05, 0.1) is 38.7 Å². The number of aryl methyl sites for hydroxylation is 1. The van der Waals surface area contributed by atoms with Gasteiger partial charge in [0.25, 0.3) is 0 Å². The Morgan fingerprint density at radius 1 is 1.06 bits per heavy atom. The third-order valence-electron chi connectivity index (χ3n) is 4.66. The zero-order valence-electron chi connectivity index (χ0n) is 18.5. The highest BCUT2D eigenvalue weighted by Crippen LogP contribution is 2.17. The third-order valence-corrected chi connectivity index (χ3v) is 6.31. The molecular weight excluding hydrogens is 531 g/mol. The second-order valence-corrected chi connectivity index (χ2v) is 10.3. The number of unbranched alkanes of at least 4 members (excludes halogenated alkanes) is 3. The molecule has 1 aromatic heterocycles. The van der Waals surface area contributed by atoms with Crippen molar-refractivity contribution in [3.63, 3.8) is 0 Å². The van der Waals surface area contributed by atoms with Gasteiger partial charge in [0.2, 0.25) is 0 Å². The van der Waals surface area contributed by atoms with Crippen molar-refractivity contribution in [3.05, 3.63) is 51.9 Å². The molecule has 1 aromatic carbocycles. The lowest BCUT2D eigenvalue weighted by Gasteiger charge is -2.28. The number of hydrogen-bond donors (Lipinski definition) is 1. The summed E-state index contributed by atoms with van der Waals surface area (Å²) in [6, 6.07) is 9.65. The van der Waals surface area contributed by atoms with E-state index in [1.165, 1.54) is 31.4 Å². The molecule has 0 aliphatic carbocycles. The van der Waals surface area contributed by atoms with E-state index in [1.54, 1.807) is 18.3 Å². The van der Waals surface area contributed by atoms with Crippen LogP contribution in [-0.2, 0) is 10.1 Å². The highest BCUT2D eigenvalue weighted by molar-refractivity contribution is 14.1. The summed E-state index contributed by atoms with van der Waals surface area (Å²) in [4.78, 5) is 4.01. The van der Waals surface area contributed by atoms with Gasteiger partial charge < -0.3 is 18.9 Å². The number of rotatable bonds is 11. The van der Waals surface area contributed by atoms with Crippen molar-refractivity contribution in [2.24, 2.45) is 0 Å². The van der Waals surface area contributed by atoms with Crippen LogP contribution in [0.25, 0.3) is 0 Å². The number of nitrogens with zero attached hydrogens (tertiary/aromatic N) is 2. The number of halogens is 1. The summed E-state index contributed by atoms with van der Waals surface area (Å²) in [5, 5.41) is 8.97. The minimum absolute atomic E-state index is 0.178. The minimum Gasteiger partial charge on any atom is -0.744 e. The molecule has 31 heavy (non-hydrogen) atoms. The maximum Gasteiger partial charge on any atom is 0.151 e. The van der Waals surface area contributed by atoms with Crippen LogP contribution in [-0.4, -0.2) is 67.9 Å². The monoisotopic (exact) mass is 564 g/mol. The van der Waals surface area contributed by atoms with Crippen molar-refractivity contribution in [1.29, 1.82) is 0 Å². The van der Waals surface area contributed by atoms with Gasteiger partial charge in [0.1, 0.15) is 20.4 Å². The molecule has 0 spiro atoms. The van der Waals surface area contributed by atoms with E-state index in [0.717, 1.165) is 45.6 Å². The lowest BCUT2D eigenvalue weighted by atomic mass is 10.2. The van der Waals surface area contributed by atoms with Gasteiger partial charge in [-0.15, -0.1) is 0 Å². The quantitative estimate of drug-likeness (QED) is 0.147. The Bertz CT molecular complexity index is 874. The Hall–Kier alpha value is -1.27. The van der Waals surface area contributed by atoms with Crippen LogP contribution < -0.4 is 4.74 Å². The van der Waals surface area contributed by atoms with Crippen molar-refractivity contribution < 1.29 is 27.3 Å². The van der Waals surface area contributed by atoms with E-state index < -0.39 is 10.1 Å². The highest BCUT2D eigenvalue weighted by Gasteiger charge is 2.12. The average Bonchev–Trinajstić information content (AvgIpc) is 2.68. The fourth-order valence-electron chi connectivity index (χ4n) is 2.74. The maximum atomic E-state index is 10.4. The predicted molar refractivity (Wildman–Crippen MR) is 129 cm³/mol. The van der Waals surface area contributed by atoms with Gasteiger partial charge in [0.15, 0.2) is 5.75 Å². The second kappa shape index (κ2) is 14.0. The lowest BCUT2D eigenvalue weighted by molar-refractivity contribution is -0.890. The van der Waals surface area contributed by atoms with Crippen LogP contribution >= 0.6 is 22.6 Å². The largest absolute Gasteiger partial charge is 0.744 e. The summed E-state index contributed by atoms with van der Waals surface area (Å²) in [6.07, 6.45) is 6.48. The van der Waals surface area contributed by atoms with Crippen LogP contribution in [0.4, 0.5) is 0 Å². The molecule has 0 amide bonds. The van der Waals surface area contributed by atoms with E-state index >= 15 is 0 Å². The number of likely N-dealkylation sites (N-methyl/N-ethyl adjacent to an activating group) is 1. The fourth-order valence-corrected chi connectivity index (χ4v) is 3.71. The van der Waals surface area contributed by atoms with Gasteiger partial charge in [-0.25, -0.2) is 13.4 Å². The predicted octanol–water partition coefficient (Wildman–Crippen LogP) is 3.59. The van der Waals surface area contributed by atoms with E-state index in [4.69, 9.17) is 9.84 Å². The second-order valence-electron chi connectivity index (χ2n) is 7.93. The van der Waals surface area contributed by atoms with E-state index in [9.17, 15) is 13.0 Å². The molecule has 0 radical (unpaired) electrons. The van der Waals surface area contributed by atoms with Crippen LogP contribution in [0.3, 0.4) is 0 Å². The van der Waals surface area contributed by atoms with Crippen LogP contribution in [0, 0.1) is 10.6 Å². The molecule has 174 valence electrons. The number of aliphatic hydroxyl groups excluding tert-OH is 1. The zero-order valence-corrected chi connectivity index (χ0v) is 21.4. The molecule has 1 heterocycles. The Balaban J connectivity index is 0.000000367. The minimum atomic E-state index is -4.27. The first-order chi connectivity index (χ1) is 14.5. The number of aromatic nitrogens is 1. The molecule has 0 saturated carbocycles. The molecule has 0 fully saturated rings. The molecular formula is C22H33IN2O5S. The third kappa shape index (κ3) is 12.4. The summed E-state index contributed by atoms with van der Waals surface area (Å²) >= 11 is 2.19. The normalized spacial score (nSPS) is 11.5. The summed E-state index contributed by atoms with van der Waals surface area (Å²) < 4.78 is 38.7. The molecule has 2 rings (SSSR count). The molecule has 9 heteroatoms. The molecule has 2 aromatic rings. The first-order valence-corrected chi connectivity index (χ1v) is 12.7. The Morgan fingerprint density at radius 3 is 2.29 bits per heavy atom. The van der Waals surface area contributed by atoms with Gasteiger partial charge in [-0.3, -0.25) is 0 Å². The Labute approximate surface area is 199 Å². The summed E-state index contributed by atoms with van der Waals surface area (Å²) in [5.74, 6) is 0.883. The average molecular weight is 564 g/mol. The Kier molecular flexibility index (Phi) is 12.5. The molecule has 0 bridgehead atoms. The van der Waals surface area contributed by atoms with Crippen LogP contribution in [0.15, 0.2) is 47.5 Å². The van der Waals surface area contributed by atoms with Gasteiger partial charge in [-0.2, -0.15) is 0 Å². The number of pyridine rings is 1. The molecule has 0 aliphatic heterocycles. The number of benzene rings is 1. The number of aliphatic hydroxyl groups is 1. The lowest BCUT2D eigenvalue weighted by Crippen LogP contribution is -2.42. The molecule has 7 nitrogen and oxygen atoms in total. The summed E-state index contributed by atoms with van der Waals surface area (Å²) in [7, 11) is 0.0710. The zero-order chi connectivity index (χ0) is 23.3. The molecule has 0 atom stereocenters. The van der Waals surface area contributed by atoms with Gasteiger partial charge >= 0.3 is 0 Å². The molecule has 1 N–H and O–H groups in total. The van der Waals surface area contributed by atoms with E-state index in [-0.39, 0.29) is 11.5 Å². The van der Waals surface area contributed by atoms with E-state index in [1.807, 2.05) is 19.1 Å². The standard InChI is InChI=1S/C15H26IN2O2.C7H8O3S/c1-18(2,11-12-19)10-5-3-4-6-13-20-14-8-7-9-17-15(14)16;1-6-2-4-7(5-3-6)11(8,9)10/h7-9,19H,3-6,10-13H2,1-2H3;2-5H,1H3,(H,8,9,10)/q+1;/p-1. The Morgan fingerprint density at radius 2 is 1.71 bits per heavy atom. The topological polar surface area (TPSA) is 99.6 Å². The maximum absolute atomic E-state index is 10.4. The van der Waals surface area contributed by atoms with Crippen molar-refractivity contribution in [2.45, 2.75) is 37.5 Å². The van der Waals surface area contributed by atoms with Crippen LogP contribution in [0.2, 0.25) is 0 Å². The van der Waals surface area contributed by atoms with Crippen LogP contribution in [0.5, 0.6) is 5.75 Å². The van der Waals surface area contributed by atoms with Crippen LogP contribution in [0.1, 0.15) is 31.2 Å². The van der Waals surface area contributed by atoms with Crippen molar-refractivity contribution >= 4 is 32.7 Å². The number of ether oxygens (including phenoxy) is 1. The summed E-state index contributed by atoms with van der Waals surface area (Å²) in [5.41, 5.74) is 0.928.